The highest BCUT2D eigenvalue weighted by molar-refractivity contribution is 8.04. The number of thioether (sulfide) groups is 1. The van der Waals surface area contributed by atoms with Gasteiger partial charge in [0, 0.05) is 25.2 Å². The molecule has 6 heteroatoms. The van der Waals surface area contributed by atoms with Crippen molar-refractivity contribution in [3.63, 3.8) is 0 Å². The number of nitrogens with one attached hydrogen (secondary N) is 1. The lowest BCUT2D eigenvalue weighted by molar-refractivity contribution is 0.348. The van der Waals surface area contributed by atoms with Crippen molar-refractivity contribution in [2.45, 2.75) is 17.7 Å². The van der Waals surface area contributed by atoms with Gasteiger partial charge >= 0.3 is 0 Å². The van der Waals surface area contributed by atoms with Gasteiger partial charge in [-0.3, -0.25) is 0 Å². The zero-order valence-electron chi connectivity index (χ0n) is 9.99. The summed E-state index contributed by atoms with van der Waals surface area (Å²) >= 11 is 9.09. The zero-order chi connectivity index (χ0) is 12.1. The number of hydrogen-bond acceptors (Lipinski definition) is 5. The summed E-state index contributed by atoms with van der Waals surface area (Å²) in [5.74, 6) is 1.79. The van der Waals surface area contributed by atoms with Gasteiger partial charge in [0.25, 0.3) is 0 Å². The number of rotatable bonds is 5. The maximum Gasteiger partial charge on any atom is 0.134 e. The predicted octanol–water partition coefficient (Wildman–Crippen LogP) is 2.54. The fraction of sp³-hybridized carbons (Fsp3) is 0.727. The molecule has 0 fully saturated rings. The van der Waals surface area contributed by atoms with Gasteiger partial charge in [-0.25, -0.2) is 9.12 Å². The summed E-state index contributed by atoms with van der Waals surface area (Å²) in [5.41, 5.74) is 1.43. The maximum atomic E-state index is 5.75. The van der Waals surface area contributed by atoms with Crippen LogP contribution >= 0.6 is 35.5 Å². The molecule has 0 aromatic heterocycles. The van der Waals surface area contributed by atoms with Crippen molar-refractivity contribution in [1.29, 1.82) is 0 Å². The molecule has 0 spiro atoms. The van der Waals surface area contributed by atoms with E-state index in [4.69, 9.17) is 11.6 Å². The van der Waals surface area contributed by atoms with Crippen LogP contribution in [-0.2, 0) is 0 Å². The van der Waals surface area contributed by atoms with E-state index in [0.29, 0.717) is 0 Å². The van der Waals surface area contributed by atoms with Crippen molar-refractivity contribution in [3.8, 4) is 0 Å². The van der Waals surface area contributed by atoms with Crippen molar-refractivity contribution >= 4 is 41.7 Å². The Morgan fingerprint density at radius 2 is 2.59 bits per heavy atom. The first-order chi connectivity index (χ1) is 8.27. The highest BCUT2D eigenvalue weighted by atomic mass is 35.5. The molecule has 0 amide bonds. The van der Waals surface area contributed by atoms with Gasteiger partial charge in [-0.15, -0.1) is 23.4 Å². The molecule has 0 bridgehead atoms. The Kier molecular flexibility index (Phi) is 5.24. The Hall–Kier alpha value is 0.320. The van der Waals surface area contributed by atoms with E-state index in [-0.39, 0.29) is 4.87 Å². The second-order valence-electron chi connectivity index (χ2n) is 4.31. The minimum absolute atomic E-state index is 0.106. The van der Waals surface area contributed by atoms with Crippen LogP contribution in [0.2, 0.25) is 0 Å². The van der Waals surface area contributed by atoms with Crippen LogP contribution in [-0.4, -0.2) is 47.8 Å². The molecule has 0 aliphatic carbocycles. The van der Waals surface area contributed by atoms with Crippen molar-refractivity contribution in [2.75, 3.05) is 31.8 Å². The highest BCUT2D eigenvalue weighted by Crippen LogP contribution is 2.37. The first-order valence-corrected chi connectivity index (χ1v) is 8.12. The first kappa shape index (κ1) is 13.7. The number of hydrogen-bond donors (Lipinski definition) is 1. The summed E-state index contributed by atoms with van der Waals surface area (Å²) in [7, 11) is 2.17. The fourth-order valence-corrected chi connectivity index (χ4v) is 4.34. The van der Waals surface area contributed by atoms with Crippen LogP contribution in [0.15, 0.2) is 16.0 Å². The molecule has 2 rings (SSSR count). The van der Waals surface area contributed by atoms with Crippen LogP contribution < -0.4 is 4.72 Å². The number of halogens is 1. The lowest BCUT2D eigenvalue weighted by Crippen LogP contribution is -2.44. The molecule has 2 heterocycles. The van der Waals surface area contributed by atoms with E-state index in [1.807, 2.05) is 18.0 Å². The van der Waals surface area contributed by atoms with Crippen molar-refractivity contribution in [1.82, 2.24) is 9.62 Å². The van der Waals surface area contributed by atoms with Crippen molar-refractivity contribution < 1.29 is 0 Å². The SMILES string of the molecule is CN1CCC=C(C2(SCCCCl)C=NSN2)C1. The highest BCUT2D eigenvalue weighted by Gasteiger charge is 2.37. The monoisotopic (exact) mass is 291 g/mol. The normalized spacial score (nSPS) is 29.6. The average Bonchev–Trinajstić information content (AvgIpc) is 2.79. The van der Waals surface area contributed by atoms with Gasteiger partial charge in [0.1, 0.15) is 4.87 Å². The van der Waals surface area contributed by atoms with Gasteiger partial charge in [0.2, 0.25) is 0 Å². The van der Waals surface area contributed by atoms with E-state index >= 15 is 0 Å². The Labute approximate surface area is 117 Å². The van der Waals surface area contributed by atoms with E-state index in [0.717, 1.165) is 37.6 Å². The fourth-order valence-electron chi connectivity index (χ4n) is 1.98. The lowest BCUT2D eigenvalue weighted by atomic mass is 10.0. The molecule has 2 aliphatic heterocycles. The predicted molar refractivity (Wildman–Crippen MR) is 79.9 cm³/mol. The standard InChI is InChI=1S/C11H18ClN3S2/c1-15-6-2-4-10(8-15)11(9-13-17-14-11)16-7-3-5-12/h4,9,14H,2-3,5-8H2,1H3. The zero-order valence-corrected chi connectivity index (χ0v) is 12.4. The maximum absolute atomic E-state index is 5.75. The van der Waals surface area contributed by atoms with Crippen LogP contribution in [0, 0.1) is 0 Å². The van der Waals surface area contributed by atoms with E-state index < -0.39 is 0 Å². The number of alkyl halides is 1. The third-order valence-electron chi connectivity index (χ3n) is 2.91. The van der Waals surface area contributed by atoms with E-state index in [1.54, 1.807) is 0 Å². The summed E-state index contributed by atoms with van der Waals surface area (Å²) in [6.07, 6.45) is 6.57. The molecular weight excluding hydrogens is 274 g/mol. The van der Waals surface area contributed by atoms with Crippen LogP contribution in [0.3, 0.4) is 0 Å². The van der Waals surface area contributed by atoms with E-state index in [1.165, 1.54) is 17.7 Å². The van der Waals surface area contributed by atoms with Crippen LogP contribution in [0.25, 0.3) is 0 Å². The van der Waals surface area contributed by atoms with Crippen molar-refractivity contribution in [2.24, 2.45) is 4.40 Å². The molecule has 17 heavy (non-hydrogen) atoms. The van der Waals surface area contributed by atoms with Gasteiger partial charge in [-0.05, 0) is 31.2 Å². The molecule has 3 nitrogen and oxygen atoms in total. The summed E-state index contributed by atoms with van der Waals surface area (Å²) in [4.78, 5) is 2.25. The second-order valence-corrected chi connectivity index (χ2v) is 6.63. The molecule has 0 aromatic carbocycles. The molecular formula is C11H18ClN3S2. The number of likely N-dealkylation sites (N-methyl/N-ethyl adjacent to an activating group) is 1. The smallest absolute Gasteiger partial charge is 0.134 e. The van der Waals surface area contributed by atoms with Gasteiger partial charge in [-0.1, -0.05) is 6.08 Å². The third-order valence-corrected chi connectivity index (χ3v) is 5.35. The Morgan fingerprint density at radius 1 is 1.71 bits per heavy atom. The molecule has 0 saturated heterocycles. The Bertz CT molecular complexity index is 322. The quantitative estimate of drug-likeness (QED) is 0.365. The first-order valence-electron chi connectivity index (χ1n) is 5.82. The minimum Gasteiger partial charge on any atom is -0.302 e. The second kappa shape index (κ2) is 6.48. The summed E-state index contributed by atoms with van der Waals surface area (Å²) < 4.78 is 7.72. The van der Waals surface area contributed by atoms with Crippen molar-refractivity contribution in [3.05, 3.63) is 11.6 Å². The Balaban J connectivity index is 2.05. The Morgan fingerprint density at radius 3 is 3.24 bits per heavy atom. The van der Waals surface area contributed by atoms with Crippen LogP contribution in [0.4, 0.5) is 0 Å². The van der Waals surface area contributed by atoms with Gasteiger partial charge in [-0.2, -0.15) is 0 Å². The molecule has 1 atom stereocenters. The molecule has 0 radical (unpaired) electrons. The molecule has 96 valence electrons. The summed E-state index contributed by atoms with van der Waals surface area (Å²) in [5, 5.41) is 0. The average molecular weight is 292 g/mol. The molecule has 1 unspecified atom stereocenters. The van der Waals surface area contributed by atoms with Gasteiger partial charge in [0.15, 0.2) is 0 Å². The summed E-state index contributed by atoms with van der Waals surface area (Å²) in [6.45, 7) is 2.17. The molecule has 0 aromatic rings. The van der Waals surface area contributed by atoms with Gasteiger partial charge in [0.05, 0.1) is 12.1 Å². The number of nitrogens with zero attached hydrogens (tertiary/aromatic N) is 2. The van der Waals surface area contributed by atoms with E-state index in [9.17, 15) is 0 Å². The molecule has 2 aliphatic rings. The lowest BCUT2D eigenvalue weighted by Gasteiger charge is -2.34. The van der Waals surface area contributed by atoms with Crippen LogP contribution in [0.5, 0.6) is 0 Å². The van der Waals surface area contributed by atoms with Crippen LogP contribution in [0.1, 0.15) is 12.8 Å². The minimum atomic E-state index is -0.106. The van der Waals surface area contributed by atoms with E-state index in [2.05, 4.69) is 27.1 Å². The largest absolute Gasteiger partial charge is 0.302 e. The topological polar surface area (TPSA) is 27.6 Å². The third kappa shape index (κ3) is 3.41. The van der Waals surface area contributed by atoms with Gasteiger partial charge < -0.3 is 4.90 Å². The molecule has 0 saturated carbocycles. The summed E-state index contributed by atoms with van der Waals surface area (Å²) in [6, 6.07) is 0. The molecule has 1 N–H and O–H groups in total.